The van der Waals surface area contributed by atoms with Gasteiger partial charge in [0.25, 0.3) is 0 Å². The molecule has 0 aliphatic rings. The lowest BCUT2D eigenvalue weighted by molar-refractivity contribution is 0.621. The van der Waals surface area contributed by atoms with Gasteiger partial charge in [0.2, 0.25) is 0 Å². The minimum absolute atomic E-state index is 0. The van der Waals surface area contributed by atoms with E-state index in [0.29, 0.717) is 5.39 Å². The summed E-state index contributed by atoms with van der Waals surface area (Å²) in [6.45, 7) is 1.82. The van der Waals surface area contributed by atoms with Gasteiger partial charge in [-0.2, -0.15) is 0 Å². The fraction of sp³-hybridized carbons (Fsp3) is 0.167. The summed E-state index contributed by atoms with van der Waals surface area (Å²) >= 11 is 0. The third-order valence-corrected chi connectivity index (χ3v) is 2.45. The Morgan fingerprint density at radius 1 is 1.06 bits per heavy atom. The SMILES string of the molecule is C[C@@H](N)c1ccc(F)c2cc(F)ccc12.Cl. The van der Waals surface area contributed by atoms with Crippen LogP contribution in [0.5, 0.6) is 0 Å². The average molecular weight is 244 g/mol. The highest BCUT2D eigenvalue weighted by molar-refractivity contribution is 5.86. The van der Waals surface area contributed by atoms with E-state index in [1.807, 2.05) is 6.92 Å². The van der Waals surface area contributed by atoms with E-state index in [1.54, 1.807) is 12.1 Å². The zero-order valence-electron chi connectivity index (χ0n) is 8.71. The van der Waals surface area contributed by atoms with E-state index in [2.05, 4.69) is 0 Å². The molecular weight excluding hydrogens is 232 g/mol. The van der Waals surface area contributed by atoms with Crippen LogP contribution in [0.25, 0.3) is 10.8 Å². The molecule has 4 heteroatoms. The van der Waals surface area contributed by atoms with E-state index < -0.39 is 11.6 Å². The molecule has 0 saturated heterocycles. The molecule has 1 atom stereocenters. The molecule has 2 aromatic rings. The first kappa shape index (κ1) is 12.9. The first-order valence-corrected chi connectivity index (χ1v) is 4.73. The monoisotopic (exact) mass is 243 g/mol. The van der Waals surface area contributed by atoms with Gasteiger partial charge in [0.05, 0.1) is 0 Å². The molecular formula is C12H12ClF2N. The fourth-order valence-electron chi connectivity index (χ4n) is 1.71. The standard InChI is InChI=1S/C12H11F2N.ClH/c1-7(15)9-4-5-12(14)11-6-8(13)2-3-10(9)11;/h2-7H,15H2,1H3;1H/t7-;/m1./s1. The summed E-state index contributed by atoms with van der Waals surface area (Å²) < 4.78 is 26.4. The normalized spacial score (nSPS) is 12.2. The maximum Gasteiger partial charge on any atom is 0.131 e. The molecule has 0 radical (unpaired) electrons. The third-order valence-electron chi connectivity index (χ3n) is 2.45. The number of halogens is 3. The largest absolute Gasteiger partial charge is 0.324 e. The van der Waals surface area contributed by atoms with Gasteiger partial charge in [-0.05, 0) is 36.1 Å². The summed E-state index contributed by atoms with van der Waals surface area (Å²) in [6.07, 6.45) is 0. The van der Waals surface area contributed by atoms with Gasteiger partial charge in [-0.3, -0.25) is 0 Å². The Morgan fingerprint density at radius 3 is 2.38 bits per heavy atom. The van der Waals surface area contributed by atoms with Crippen molar-refractivity contribution >= 4 is 23.2 Å². The number of fused-ring (bicyclic) bond motifs is 1. The molecule has 0 aliphatic carbocycles. The van der Waals surface area contributed by atoms with Crippen molar-refractivity contribution in [2.45, 2.75) is 13.0 Å². The molecule has 0 bridgehead atoms. The van der Waals surface area contributed by atoms with Gasteiger partial charge >= 0.3 is 0 Å². The van der Waals surface area contributed by atoms with Crippen molar-refractivity contribution in [2.24, 2.45) is 5.73 Å². The minimum Gasteiger partial charge on any atom is -0.324 e. The molecule has 0 spiro atoms. The number of rotatable bonds is 1. The van der Waals surface area contributed by atoms with Gasteiger partial charge in [-0.25, -0.2) is 8.78 Å². The van der Waals surface area contributed by atoms with Crippen LogP contribution in [-0.2, 0) is 0 Å². The highest BCUT2D eigenvalue weighted by Crippen LogP contribution is 2.26. The zero-order chi connectivity index (χ0) is 11.0. The molecule has 0 aliphatic heterocycles. The van der Waals surface area contributed by atoms with Crippen molar-refractivity contribution in [1.29, 1.82) is 0 Å². The summed E-state index contributed by atoms with van der Waals surface area (Å²) in [4.78, 5) is 0. The van der Waals surface area contributed by atoms with E-state index in [1.165, 1.54) is 18.2 Å². The third kappa shape index (κ3) is 2.15. The van der Waals surface area contributed by atoms with Crippen molar-refractivity contribution in [3.05, 3.63) is 47.5 Å². The van der Waals surface area contributed by atoms with Gasteiger partial charge in [0, 0.05) is 11.4 Å². The van der Waals surface area contributed by atoms with Crippen LogP contribution >= 0.6 is 12.4 Å². The number of benzene rings is 2. The Bertz CT molecular complexity index is 512. The Labute approximate surface area is 98.7 Å². The van der Waals surface area contributed by atoms with Crippen LogP contribution in [0.1, 0.15) is 18.5 Å². The molecule has 0 heterocycles. The Morgan fingerprint density at radius 2 is 1.75 bits per heavy atom. The van der Waals surface area contributed by atoms with Gasteiger partial charge in [-0.15, -0.1) is 12.4 Å². The molecule has 0 amide bonds. The number of hydrogen-bond donors (Lipinski definition) is 1. The van der Waals surface area contributed by atoms with Crippen LogP contribution in [0.3, 0.4) is 0 Å². The quantitative estimate of drug-likeness (QED) is 0.814. The van der Waals surface area contributed by atoms with E-state index in [-0.39, 0.29) is 23.8 Å². The fourth-order valence-corrected chi connectivity index (χ4v) is 1.71. The summed E-state index contributed by atoms with van der Waals surface area (Å²) in [7, 11) is 0. The van der Waals surface area contributed by atoms with Crippen LogP contribution in [0.4, 0.5) is 8.78 Å². The average Bonchev–Trinajstić information content (AvgIpc) is 2.19. The van der Waals surface area contributed by atoms with Gasteiger partial charge in [0.15, 0.2) is 0 Å². The second-order valence-electron chi connectivity index (χ2n) is 3.62. The van der Waals surface area contributed by atoms with Gasteiger partial charge in [0.1, 0.15) is 11.6 Å². The van der Waals surface area contributed by atoms with Gasteiger partial charge in [-0.1, -0.05) is 12.1 Å². The number of nitrogens with two attached hydrogens (primary N) is 1. The summed E-state index contributed by atoms with van der Waals surface area (Å²) in [5.41, 5.74) is 6.58. The first-order chi connectivity index (χ1) is 7.09. The van der Waals surface area contributed by atoms with Crippen molar-refractivity contribution in [1.82, 2.24) is 0 Å². The summed E-state index contributed by atoms with van der Waals surface area (Å²) in [5, 5.41) is 0.955. The van der Waals surface area contributed by atoms with Crippen molar-refractivity contribution in [3.8, 4) is 0 Å². The number of hydrogen-bond acceptors (Lipinski definition) is 1. The molecule has 0 fully saturated rings. The Kier molecular flexibility index (Phi) is 3.83. The van der Waals surface area contributed by atoms with Crippen LogP contribution in [-0.4, -0.2) is 0 Å². The predicted octanol–water partition coefficient (Wildman–Crippen LogP) is 3.56. The lowest BCUT2D eigenvalue weighted by atomic mass is 10.00. The maximum absolute atomic E-state index is 13.4. The summed E-state index contributed by atoms with van der Waals surface area (Å²) in [5.74, 6) is -0.864. The molecule has 2 aromatic carbocycles. The molecule has 2 N–H and O–H groups in total. The Hall–Kier alpha value is -1.19. The first-order valence-electron chi connectivity index (χ1n) is 4.73. The van der Waals surface area contributed by atoms with E-state index in [9.17, 15) is 8.78 Å². The molecule has 2 rings (SSSR count). The second-order valence-corrected chi connectivity index (χ2v) is 3.62. The van der Waals surface area contributed by atoms with Crippen LogP contribution in [0.2, 0.25) is 0 Å². The van der Waals surface area contributed by atoms with Crippen molar-refractivity contribution in [3.63, 3.8) is 0 Å². The molecule has 0 saturated carbocycles. The van der Waals surface area contributed by atoms with Crippen molar-refractivity contribution in [2.75, 3.05) is 0 Å². The molecule has 0 aromatic heterocycles. The molecule has 16 heavy (non-hydrogen) atoms. The molecule has 1 nitrogen and oxygen atoms in total. The molecule has 86 valence electrons. The topological polar surface area (TPSA) is 26.0 Å². The van der Waals surface area contributed by atoms with Crippen LogP contribution < -0.4 is 5.73 Å². The summed E-state index contributed by atoms with van der Waals surface area (Å²) in [6, 6.07) is 6.83. The Balaban J connectivity index is 0.00000128. The van der Waals surface area contributed by atoms with Crippen LogP contribution in [0, 0.1) is 11.6 Å². The van der Waals surface area contributed by atoms with E-state index in [4.69, 9.17) is 5.73 Å². The molecule has 0 unspecified atom stereocenters. The maximum atomic E-state index is 13.4. The zero-order valence-corrected chi connectivity index (χ0v) is 9.52. The second kappa shape index (κ2) is 4.76. The van der Waals surface area contributed by atoms with E-state index >= 15 is 0 Å². The minimum atomic E-state index is -0.441. The highest BCUT2D eigenvalue weighted by Gasteiger charge is 2.09. The van der Waals surface area contributed by atoms with Crippen molar-refractivity contribution < 1.29 is 8.78 Å². The van der Waals surface area contributed by atoms with Gasteiger partial charge < -0.3 is 5.73 Å². The highest BCUT2D eigenvalue weighted by atomic mass is 35.5. The lowest BCUT2D eigenvalue weighted by Crippen LogP contribution is -2.05. The lowest BCUT2D eigenvalue weighted by Gasteiger charge is -2.10. The van der Waals surface area contributed by atoms with Crippen LogP contribution in [0.15, 0.2) is 30.3 Å². The van der Waals surface area contributed by atoms with E-state index in [0.717, 1.165) is 5.56 Å². The predicted molar refractivity (Wildman–Crippen MR) is 63.7 cm³/mol. The smallest absolute Gasteiger partial charge is 0.131 e.